The first-order valence-corrected chi connectivity index (χ1v) is 7.53. The molecule has 0 aliphatic carbocycles. The SMILES string of the molecule is Cc1ccc(NCC(=O)N2CCCc3ccccc32)cc1F. The number of carbonyl (C=O) groups is 1. The van der Waals surface area contributed by atoms with Gasteiger partial charge in [-0.1, -0.05) is 24.3 Å². The molecule has 22 heavy (non-hydrogen) atoms. The maximum atomic E-state index is 13.5. The minimum atomic E-state index is -0.263. The largest absolute Gasteiger partial charge is 0.376 e. The number of fused-ring (bicyclic) bond motifs is 1. The van der Waals surface area contributed by atoms with E-state index in [4.69, 9.17) is 0 Å². The summed E-state index contributed by atoms with van der Waals surface area (Å²) >= 11 is 0. The Morgan fingerprint density at radius 1 is 1.27 bits per heavy atom. The van der Waals surface area contributed by atoms with Crippen molar-refractivity contribution in [1.82, 2.24) is 0 Å². The minimum Gasteiger partial charge on any atom is -0.376 e. The van der Waals surface area contributed by atoms with Crippen LogP contribution >= 0.6 is 0 Å². The Morgan fingerprint density at radius 2 is 2.09 bits per heavy atom. The van der Waals surface area contributed by atoms with Crippen LogP contribution in [0, 0.1) is 12.7 Å². The van der Waals surface area contributed by atoms with Crippen LogP contribution < -0.4 is 10.2 Å². The van der Waals surface area contributed by atoms with Gasteiger partial charge in [-0.05, 0) is 49.1 Å². The van der Waals surface area contributed by atoms with Crippen molar-refractivity contribution in [3.05, 3.63) is 59.4 Å². The second kappa shape index (κ2) is 6.18. The fourth-order valence-corrected chi connectivity index (χ4v) is 2.77. The normalized spacial score (nSPS) is 13.6. The predicted octanol–water partition coefficient (Wildman–Crippen LogP) is 3.53. The first-order chi connectivity index (χ1) is 10.6. The van der Waals surface area contributed by atoms with Crippen LogP contribution in [-0.4, -0.2) is 19.0 Å². The molecule has 2 aromatic rings. The van der Waals surface area contributed by atoms with E-state index in [-0.39, 0.29) is 18.3 Å². The molecule has 4 heteroatoms. The lowest BCUT2D eigenvalue weighted by Gasteiger charge is -2.29. The second-order valence-electron chi connectivity index (χ2n) is 5.60. The van der Waals surface area contributed by atoms with Crippen molar-refractivity contribution in [1.29, 1.82) is 0 Å². The number of hydrogen-bond acceptors (Lipinski definition) is 2. The standard InChI is InChI=1S/C18H19FN2O/c1-13-8-9-15(11-16(13)19)20-12-18(22)21-10-4-6-14-5-2-3-7-17(14)21/h2-3,5,7-9,11,20H,4,6,10,12H2,1H3. The van der Waals surface area contributed by atoms with Gasteiger partial charge in [0.2, 0.25) is 5.91 Å². The topological polar surface area (TPSA) is 32.3 Å². The summed E-state index contributed by atoms with van der Waals surface area (Å²) < 4.78 is 13.5. The fraction of sp³-hybridized carbons (Fsp3) is 0.278. The Bertz CT molecular complexity index is 699. The van der Waals surface area contributed by atoms with E-state index in [1.54, 1.807) is 19.1 Å². The summed E-state index contributed by atoms with van der Waals surface area (Å²) in [5.74, 6) is -0.256. The van der Waals surface area contributed by atoms with Crippen LogP contribution in [0.2, 0.25) is 0 Å². The third-order valence-corrected chi connectivity index (χ3v) is 4.03. The minimum absolute atomic E-state index is 0.00753. The molecule has 0 radical (unpaired) electrons. The van der Waals surface area contributed by atoms with Gasteiger partial charge < -0.3 is 10.2 Å². The van der Waals surface area contributed by atoms with Gasteiger partial charge >= 0.3 is 0 Å². The number of carbonyl (C=O) groups excluding carboxylic acids is 1. The lowest BCUT2D eigenvalue weighted by molar-refractivity contribution is -0.117. The van der Waals surface area contributed by atoms with Gasteiger partial charge in [-0.3, -0.25) is 4.79 Å². The molecule has 1 N–H and O–H groups in total. The number of halogens is 1. The number of benzene rings is 2. The first-order valence-electron chi connectivity index (χ1n) is 7.53. The number of amides is 1. The number of rotatable bonds is 3. The Balaban J connectivity index is 1.69. The molecule has 1 aliphatic heterocycles. The highest BCUT2D eigenvalue weighted by atomic mass is 19.1. The van der Waals surface area contributed by atoms with E-state index in [2.05, 4.69) is 11.4 Å². The van der Waals surface area contributed by atoms with E-state index in [9.17, 15) is 9.18 Å². The lowest BCUT2D eigenvalue weighted by Crippen LogP contribution is -2.39. The van der Waals surface area contributed by atoms with E-state index < -0.39 is 0 Å². The van der Waals surface area contributed by atoms with Crippen molar-refractivity contribution < 1.29 is 9.18 Å². The monoisotopic (exact) mass is 298 g/mol. The maximum absolute atomic E-state index is 13.5. The first kappa shape index (κ1) is 14.6. The predicted molar refractivity (Wildman–Crippen MR) is 86.7 cm³/mol. The molecule has 3 rings (SSSR count). The van der Waals surface area contributed by atoms with Gasteiger partial charge in [0.25, 0.3) is 0 Å². The van der Waals surface area contributed by atoms with Crippen molar-refractivity contribution in [2.45, 2.75) is 19.8 Å². The van der Waals surface area contributed by atoms with Gasteiger partial charge in [0.05, 0.1) is 6.54 Å². The van der Waals surface area contributed by atoms with Crippen molar-refractivity contribution >= 4 is 17.3 Å². The molecule has 0 saturated heterocycles. The third kappa shape index (κ3) is 2.96. The third-order valence-electron chi connectivity index (χ3n) is 4.03. The van der Waals surface area contributed by atoms with Crippen LogP contribution in [-0.2, 0) is 11.2 Å². The average molecular weight is 298 g/mol. The molecule has 1 aliphatic rings. The molecule has 114 valence electrons. The Labute approximate surface area is 129 Å². The molecule has 0 atom stereocenters. The van der Waals surface area contributed by atoms with Crippen LogP contribution in [0.15, 0.2) is 42.5 Å². The zero-order valence-electron chi connectivity index (χ0n) is 12.6. The number of nitrogens with one attached hydrogen (secondary N) is 1. The lowest BCUT2D eigenvalue weighted by atomic mass is 10.0. The van der Waals surface area contributed by atoms with E-state index in [1.165, 1.54) is 11.6 Å². The van der Waals surface area contributed by atoms with E-state index in [1.807, 2.05) is 23.1 Å². The highest BCUT2D eigenvalue weighted by molar-refractivity contribution is 5.97. The van der Waals surface area contributed by atoms with Gasteiger partial charge in [-0.15, -0.1) is 0 Å². The summed E-state index contributed by atoms with van der Waals surface area (Å²) in [5.41, 5.74) is 3.43. The quantitative estimate of drug-likeness (QED) is 0.940. The number of para-hydroxylation sites is 1. The van der Waals surface area contributed by atoms with Crippen molar-refractivity contribution in [2.24, 2.45) is 0 Å². The van der Waals surface area contributed by atoms with Gasteiger partial charge in [-0.2, -0.15) is 0 Å². The molecule has 1 heterocycles. The molecular formula is C18H19FN2O. The molecular weight excluding hydrogens is 279 g/mol. The Hall–Kier alpha value is -2.36. The van der Waals surface area contributed by atoms with Crippen molar-refractivity contribution in [3.8, 4) is 0 Å². The van der Waals surface area contributed by atoms with Gasteiger partial charge in [0.1, 0.15) is 5.82 Å². The van der Waals surface area contributed by atoms with Crippen LogP contribution in [0.1, 0.15) is 17.5 Å². The summed E-state index contributed by atoms with van der Waals surface area (Å²) in [4.78, 5) is 14.3. The number of nitrogens with zero attached hydrogens (tertiary/aromatic N) is 1. The summed E-state index contributed by atoms with van der Waals surface area (Å²) in [6.45, 7) is 2.62. The summed E-state index contributed by atoms with van der Waals surface area (Å²) in [6, 6.07) is 12.9. The van der Waals surface area contributed by atoms with Gasteiger partial charge in [0.15, 0.2) is 0 Å². The molecule has 0 spiro atoms. The molecule has 3 nitrogen and oxygen atoms in total. The Morgan fingerprint density at radius 3 is 2.91 bits per heavy atom. The molecule has 0 aromatic heterocycles. The van der Waals surface area contributed by atoms with Crippen molar-refractivity contribution in [2.75, 3.05) is 23.3 Å². The molecule has 0 saturated carbocycles. The molecule has 0 fully saturated rings. The zero-order chi connectivity index (χ0) is 15.5. The highest BCUT2D eigenvalue weighted by Gasteiger charge is 2.21. The average Bonchev–Trinajstić information content (AvgIpc) is 2.55. The van der Waals surface area contributed by atoms with E-state index in [0.717, 1.165) is 25.1 Å². The van der Waals surface area contributed by atoms with Gasteiger partial charge in [-0.25, -0.2) is 4.39 Å². The van der Waals surface area contributed by atoms with Crippen LogP contribution in [0.25, 0.3) is 0 Å². The summed E-state index contributed by atoms with van der Waals surface area (Å²) in [7, 11) is 0. The number of hydrogen-bond donors (Lipinski definition) is 1. The van der Waals surface area contributed by atoms with Crippen LogP contribution in [0.5, 0.6) is 0 Å². The molecule has 0 unspecified atom stereocenters. The smallest absolute Gasteiger partial charge is 0.246 e. The van der Waals surface area contributed by atoms with Crippen LogP contribution in [0.3, 0.4) is 0 Å². The van der Waals surface area contributed by atoms with E-state index >= 15 is 0 Å². The summed E-state index contributed by atoms with van der Waals surface area (Å²) in [6.07, 6.45) is 1.98. The van der Waals surface area contributed by atoms with Crippen molar-refractivity contribution in [3.63, 3.8) is 0 Å². The van der Waals surface area contributed by atoms with E-state index in [0.29, 0.717) is 11.3 Å². The summed E-state index contributed by atoms with van der Waals surface area (Å²) in [5, 5.41) is 3.01. The molecule has 2 aromatic carbocycles. The van der Waals surface area contributed by atoms with Crippen LogP contribution in [0.4, 0.5) is 15.8 Å². The number of aryl methyl sites for hydroxylation is 2. The van der Waals surface area contributed by atoms with Gasteiger partial charge in [0, 0.05) is 17.9 Å². The number of anilines is 2. The fourth-order valence-electron chi connectivity index (χ4n) is 2.77. The highest BCUT2D eigenvalue weighted by Crippen LogP contribution is 2.26. The zero-order valence-corrected chi connectivity index (χ0v) is 12.6. The Kier molecular flexibility index (Phi) is 4.09. The maximum Gasteiger partial charge on any atom is 0.246 e. The molecule has 1 amide bonds. The molecule has 0 bridgehead atoms. The second-order valence-corrected chi connectivity index (χ2v) is 5.60.